The van der Waals surface area contributed by atoms with Crippen molar-refractivity contribution in [3.05, 3.63) is 23.8 Å². The second kappa shape index (κ2) is 7.44. The Kier molecular flexibility index (Phi) is 5.32. The maximum Gasteiger partial charge on any atom is 0.308 e. The van der Waals surface area contributed by atoms with Gasteiger partial charge in [0.1, 0.15) is 6.61 Å². The molecule has 5 heteroatoms. The average Bonchev–Trinajstić information content (AvgIpc) is 3.02. The summed E-state index contributed by atoms with van der Waals surface area (Å²) in [6.45, 7) is 7.68. The summed E-state index contributed by atoms with van der Waals surface area (Å²) in [5, 5.41) is 11.3. The quantitative estimate of drug-likeness (QED) is 0.710. The largest absolute Gasteiger partial charge is 0.457 e. The van der Waals surface area contributed by atoms with E-state index in [0.717, 1.165) is 31.3 Å². The predicted molar refractivity (Wildman–Crippen MR) is 112 cm³/mol. The van der Waals surface area contributed by atoms with Crippen molar-refractivity contribution in [2.24, 2.45) is 40.4 Å². The lowest BCUT2D eigenvalue weighted by atomic mass is 9.46. The topological polar surface area (TPSA) is 80.7 Å². The SMILES string of the molecule is CC(C)C(=O)OCC(=O)[C@H]1CC[C@H]2[C@@H]3CCC4=CC(=O)C=C[C@]4(C)[C@H]3C(O)C[C@]12C. The van der Waals surface area contributed by atoms with Crippen molar-refractivity contribution in [1.82, 2.24) is 0 Å². The Bertz CT molecular complexity index is 823. The highest BCUT2D eigenvalue weighted by molar-refractivity contribution is 6.01. The molecule has 3 saturated carbocycles. The Balaban J connectivity index is 1.56. The van der Waals surface area contributed by atoms with Gasteiger partial charge in [-0.15, -0.1) is 0 Å². The molecule has 0 aromatic heterocycles. The van der Waals surface area contributed by atoms with Crippen LogP contribution in [-0.4, -0.2) is 35.4 Å². The van der Waals surface area contributed by atoms with E-state index in [1.165, 1.54) is 0 Å². The maximum absolute atomic E-state index is 13.0. The highest BCUT2D eigenvalue weighted by Crippen LogP contribution is 2.66. The molecule has 0 amide bonds. The Morgan fingerprint density at radius 1 is 1.23 bits per heavy atom. The van der Waals surface area contributed by atoms with Gasteiger partial charge in [-0.05, 0) is 61.5 Å². The van der Waals surface area contributed by atoms with E-state index in [9.17, 15) is 19.5 Å². The fourth-order valence-electron chi connectivity index (χ4n) is 7.26. The molecule has 4 aliphatic rings. The number of hydrogen-bond acceptors (Lipinski definition) is 5. The lowest BCUT2D eigenvalue weighted by molar-refractivity contribution is -0.155. The highest BCUT2D eigenvalue weighted by Gasteiger charge is 2.62. The fraction of sp³-hybridized carbons (Fsp3) is 0.720. The van der Waals surface area contributed by atoms with E-state index >= 15 is 0 Å². The number of hydrogen-bond donors (Lipinski definition) is 1. The van der Waals surface area contributed by atoms with Crippen molar-refractivity contribution in [3.8, 4) is 0 Å². The second-order valence-electron chi connectivity index (χ2n) is 10.7. The highest BCUT2D eigenvalue weighted by atomic mass is 16.5. The van der Waals surface area contributed by atoms with Gasteiger partial charge >= 0.3 is 5.97 Å². The number of Topliss-reactive ketones (excluding diaryl/α,β-unsaturated/α-hetero) is 1. The number of ether oxygens (including phenoxy) is 1. The van der Waals surface area contributed by atoms with Gasteiger partial charge in [0.05, 0.1) is 12.0 Å². The van der Waals surface area contributed by atoms with E-state index in [2.05, 4.69) is 13.8 Å². The van der Waals surface area contributed by atoms with Gasteiger partial charge in [0.25, 0.3) is 0 Å². The lowest BCUT2D eigenvalue weighted by Crippen LogP contribution is -2.56. The lowest BCUT2D eigenvalue weighted by Gasteiger charge is -2.58. The van der Waals surface area contributed by atoms with Crippen LogP contribution in [0.5, 0.6) is 0 Å². The van der Waals surface area contributed by atoms with Crippen molar-refractivity contribution in [1.29, 1.82) is 0 Å². The van der Waals surface area contributed by atoms with Gasteiger partial charge < -0.3 is 9.84 Å². The Hall–Kier alpha value is -1.75. The van der Waals surface area contributed by atoms with E-state index in [1.54, 1.807) is 26.0 Å². The van der Waals surface area contributed by atoms with Crippen LogP contribution in [0, 0.1) is 40.4 Å². The van der Waals surface area contributed by atoms with E-state index in [-0.39, 0.29) is 52.7 Å². The zero-order valence-electron chi connectivity index (χ0n) is 18.5. The molecule has 0 radical (unpaired) electrons. The third-order valence-corrected chi connectivity index (χ3v) is 8.71. The molecule has 3 fully saturated rings. The molecule has 0 aliphatic heterocycles. The number of ketones is 2. The molecule has 0 saturated heterocycles. The molecule has 1 N–H and O–H groups in total. The molecule has 1 unspecified atom stereocenters. The van der Waals surface area contributed by atoms with Crippen LogP contribution in [0.2, 0.25) is 0 Å². The summed E-state index contributed by atoms with van der Waals surface area (Å²) in [4.78, 5) is 36.7. The van der Waals surface area contributed by atoms with E-state index in [0.29, 0.717) is 18.3 Å². The molecular weight excluding hydrogens is 380 g/mol. The summed E-state index contributed by atoms with van der Waals surface area (Å²) >= 11 is 0. The van der Waals surface area contributed by atoms with Crippen LogP contribution in [-0.2, 0) is 19.1 Å². The minimum atomic E-state index is -0.519. The molecule has 0 aromatic rings. The summed E-state index contributed by atoms with van der Waals surface area (Å²) in [6, 6.07) is 0. The van der Waals surface area contributed by atoms with Crippen molar-refractivity contribution < 1.29 is 24.2 Å². The first kappa shape index (κ1) is 21.5. The zero-order chi connectivity index (χ0) is 21.8. The average molecular weight is 415 g/mol. The molecule has 164 valence electrons. The first-order valence-electron chi connectivity index (χ1n) is 11.4. The summed E-state index contributed by atoms with van der Waals surface area (Å²) in [6.07, 6.45) is 9.07. The molecule has 4 aliphatic carbocycles. The number of esters is 1. The summed E-state index contributed by atoms with van der Waals surface area (Å²) in [5.41, 5.74) is 0.588. The van der Waals surface area contributed by atoms with Gasteiger partial charge in [0.15, 0.2) is 11.6 Å². The predicted octanol–water partition coefficient (Wildman–Crippen LogP) is 3.65. The number of rotatable bonds is 4. The van der Waals surface area contributed by atoms with Crippen LogP contribution in [0.4, 0.5) is 0 Å². The molecule has 0 spiro atoms. The van der Waals surface area contributed by atoms with Crippen LogP contribution in [0.15, 0.2) is 23.8 Å². The number of allylic oxidation sites excluding steroid dienone is 4. The van der Waals surface area contributed by atoms with Gasteiger partial charge in [-0.1, -0.05) is 39.3 Å². The Morgan fingerprint density at radius 3 is 2.67 bits per heavy atom. The first-order valence-corrected chi connectivity index (χ1v) is 11.4. The molecule has 5 nitrogen and oxygen atoms in total. The van der Waals surface area contributed by atoms with Crippen LogP contribution < -0.4 is 0 Å². The normalized spacial score (nSPS) is 42.3. The minimum absolute atomic E-state index is 0.00888. The summed E-state index contributed by atoms with van der Waals surface area (Å²) in [5.74, 6) is 0.0372. The minimum Gasteiger partial charge on any atom is -0.457 e. The van der Waals surface area contributed by atoms with Gasteiger partial charge in [-0.3, -0.25) is 14.4 Å². The smallest absolute Gasteiger partial charge is 0.308 e. The number of aliphatic hydroxyl groups excluding tert-OH is 1. The van der Waals surface area contributed by atoms with E-state index < -0.39 is 6.10 Å². The molecule has 4 rings (SSSR count). The van der Waals surface area contributed by atoms with E-state index in [4.69, 9.17) is 4.74 Å². The molecule has 0 bridgehead atoms. The Morgan fingerprint density at radius 2 is 1.97 bits per heavy atom. The number of carbonyl (C=O) groups is 3. The van der Waals surface area contributed by atoms with Crippen molar-refractivity contribution in [3.63, 3.8) is 0 Å². The zero-order valence-corrected chi connectivity index (χ0v) is 18.5. The standard InChI is InChI=1S/C25H34O5/c1-14(2)23(29)30-13-21(28)19-8-7-18-17-6-5-15-11-16(26)9-10-24(15,3)22(17)20(27)12-25(18,19)4/h9-11,14,17-20,22,27H,5-8,12-13H2,1-4H3/t17-,18-,19+,20?,22+,24-,25-/m0/s1. The van der Waals surface area contributed by atoms with Gasteiger partial charge in [-0.25, -0.2) is 0 Å². The first-order chi connectivity index (χ1) is 14.1. The van der Waals surface area contributed by atoms with Crippen molar-refractivity contribution >= 4 is 17.5 Å². The Labute approximate surface area is 178 Å². The number of aliphatic hydroxyl groups is 1. The number of carbonyl (C=O) groups excluding carboxylic acids is 3. The molecule has 7 atom stereocenters. The molecule has 0 heterocycles. The van der Waals surface area contributed by atoms with Gasteiger partial charge in [-0.2, -0.15) is 0 Å². The van der Waals surface area contributed by atoms with Crippen LogP contribution >= 0.6 is 0 Å². The molecule has 0 aromatic carbocycles. The molecule has 30 heavy (non-hydrogen) atoms. The van der Waals surface area contributed by atoms with Crippen LogP contribution in [0.3, 0.4) is 0 Å². The monoisotopic (exact) mass is 414 g/mol. The summed E-state index contributed by atoms with van der Waals surface area (Å²) in [7, 11) is 0. The second-order valence-corrected chi connectivity index (χ2v) is 10.7. The third-order valence-electron chi connectivity index (χ3n) is 8.71. The van der Waals surface area contributed by atoms with Gasteiger partial charge in [0.2, 0.25) is 0 Å². The maximum atomic E-state index is 13.0. The third kappa shape index (κ3) is 3.21. The van der Waals surface area contributed by atoms with Crippen molar-refractivity contribution in [2.75, 3.05) is 6.61 Å². The van der Waals surface area contributed by atoms with Crippen molar-refractivity contribution in [2.45, 2.75) is 65.9 Å². The summed E-state index contributed by atoms with van der Waals surface area (Å²) < 4.78 is 5.23. The van der Waals surface area contributed by atoms with E-state index in [1.807, 2.05) is 6.08 Å². The molecular formula is C25H34O5. The van der Waals surface area contributed by atoms with Gasteiger partial charge in [0, 0.05) is 17.3 Å². The van der Waals surface area contributed by atoms with Crippen LogP contribution in [0.25, 0.3) is 0 Å². The number of fused-ring (bicyclic) bond motifs is 5. The fourth-order valence-corrected chi connectivity index (χ4v) is 7.26. The van der Waals surface area contributed by atoms with Crippen LogP contribution in [0.1, 0.15) is 59.8 Å².